The summed E-state index contributed by atoms with van der Waals surface area (Å²) in [5.74, 6) is 3.82. The van der Waals surface area contributed by atoms with Gasteiger partial charge in [0.2, 0.25) is 0 Å². The second-order valence-electron chi connectivity index (χ2n) is 8.44. The SMILES string of the molecule is COc1c(CCOCC(C)C)cccc1Oc1cccc(CCOCC(C)C)c1OC. The van der Waals surface area contributed by atoms with Gasteiger partial charge >= 0.3 is 0 Å². The summed E-state index contributed by atoms with van der Waals surface area (Å²) in [4.78, 5) is 0. The molecule has 0 atom stereocenters. The third-order valence-corrected chi connectivity index (χ3v) is 4.68. The number of ether oxygens (including phenoxy) is 5. The lowest BCUT2D eigenvalue weighted by molar-refractivity contribution is 0.112. The number of benzene rings is 2. The first-order valence-corrected chi connectivity index (χ1v) is 11.1. The van der Waals surface area contributed by atoms with Crippen LogP contribution in [-0.4, -0.2) is 40.6 Å². The van der Waals surface area contributed by atoms with Gasteiger partial charge in [-0.2, -0.15) is 0 Å². The minimum atomic E-state index is 0.520. The molecule has 0 fully saturated rings. The van der Waals surface area contributed by atoms with E-state index in [2.05, 4.69) is 27.7 Å². The van der Waals surface area contributed by atoms with Crippen LogP contribution in [0.25, 0.3) is 0 Å². The monoisotopic (exact) mass is 430 g/mol. The summed E-state index contributed by atoms with van der Waals surface area (Å²) in [6, 6.07) is 11.9. The molecule has 0 aliphatic rings. The van der Waals surface area contributed by atoms with Crippen LogP contribution in [0.15, 0.2) is 36.4 Å². The van der Waals surface area contributed by atoms with E-state index in [-0.39, 0.29) is 0 Å². The van der Waals surface area contributed by atoms with E-state index < -0.39 is 0 Å². The highest BCUT2D eigenvalue weighted by Gasteiger charge is 2.16. The van der Waals surface area contributed by atoms with Gasteiger partial charge in [-0.25, -0.2) is 0 Å². The second kappa shape index (κ2) is 13.2. The van der Waals surface area contributed by atoms with E-state index >= 15 is 0 Å². The Bertz CT molecular complexity index is 720. The Kier molecular flexibility index (Phi) is 10.7. The highest BCUT2D eigenvalue weighted by atomic mass is 16.5. The summed E-state index contributed by atoms with van der Waals surface area (Å²) >= 11 is 0. The molecule has 0 aromatic heterocycles. The van der Waals surface area contributed by atoms with E-state index in [1.165, 1.54) is 0 Å². The van der Waals surface area contributed by atoms with Crippen LogP contribution in [0.5, 0.6) is 23.0 Å². The van der Waals surface area contributed by atoms with Gasteiger partial charge in [0.15, 0.2) is 23.0 Å². The molecule has 0 saturated carbocycles. The first-order valence-electron chi connectivity index (χ1n) is 11.1. The van der Waals surface area contributed by atoms with Crippen LogP contribution in [0.4, 0.5) is 0 Å². The van der Waals surface area contributed by atoms with Crippen molar-refractivity contribution in [3.05, 3.63) is 47.5 Å². The fourth-order valence-corrected chi connectivity index (χ4v) is 3.26. The van der Waals surface area contributed by atoms with E-state index in [9.17, 15) is 0 Å². The Labute approximate surface area is 187 Å². The van der Waals surface area contributed by atoms with Crippen LogP contribution in [0.1, 0.15) is 38.8 Å². The van der Waals surface area contributed by atoms with Gasteiger partial charge in [0, 0.05) is 24.3 Å². The maximum Gasteiger partial charge on any atom is 0.169 e. The van der Waals surface area contributed by atoms with Gasteiger partial charge in [-0.1, -0.05) is 52.0 Å². The molecule has 0 heterocycles. The topological polar surface area (TPSA) is 46.2 Å². The molecule has 2 aromatic carbocycles. The predicted molar refractivity (Wildman–Crippen MR) is 125 cm³/mol. The summed E-state index contributed by atoms with van der Waals surface area (Å²) in [5.41, 5.74) is 2.11. The molecule has 0 aliphatic carbocycles. The van der Waals surface area contributed by atoms with Crippen LogP contribution in [0.3, 0.4) is 0 Å². The molecule has 2 rings (SSSR count). The van der Waals surface area contributed by atoms with Crippen molar-refractivity contribution in [2.24, 2.45) is 11.8 Å². The van der Waals surface area contributed by atoms with E-state index in [0.29, 0.717) is 36.5 Å². The van der Waals surface area contributed by atoms with Crippen LogP contribution in [0.2, 0.25) is 0 Å². The Morgan fingerprint density at radius 1 is 0.645 bits per heavy atom. The summed E-state index contributed by atoms with van der Waals surface area (Å²) < 4.78 is 29.1. The first-order chi connectivity index (χ1) is 15.0. The molecule has 0 bridgehead atoms. The zero-order valence-corrected chi connectivity index (χ0v) is 19.9. The summed E-state index contributed by atoms with van der Waals surface area (Å²) in [6.07, 6.45) is 1.52. The zero-order chi connectivity index (χ0) is 22.6. The number of para-hydroxylation sites is 2. The normalized spacial score (nSPS) is 11.2. The van der Waals surface area contributed by atoms with Crippen molar-refractivity contribution < 1.29 is 23.7 Å². The quantitative estimate of drug-likeness (QED) is 0.348. The highest BCUT2D eigenvalue weighted by Crippen LogP contribution is 2.40. The highest BCUT2D eigenvalue weighted by molar-refractivity contribution is 5.53. The molecule has 0 saturated heterocycles. The summed E-state index contributed by atoms with van der Waals surface area (Å²) in [6.45, 7) is 11.4. The van der Waals surface area contributed by atoms with Crippen molar-refractivity contribution >= 4 is 0 Å². The van der Waals surface area contributed by atoms with Crippen LogP contribution in [0, 0.1) is 11.8 Å². The molecule has 0 amide bonds. The van der Waals surface area contributed by atoms with E-state index in [1.54, 1.807) is 14.2 Å². The first kappa shape index (κ1) is 25.0. The lowest BCUT2D eigenvalue weighted by Gasteiger charge is -2.18. The van der Waals surface area contributed by atoms with Gasteiger partial charge in [-0.3, -0.25) is 0 Å². The largest absolute Gasteiger partial charge is 0.493 e. The molecular formula is C26H38O5. The Morgan fingerprint density at radius 3 is 1.42 bits per heavy atom. The Balaban J connectivity index is 2.14. The molecule has 5 heteroatoms. The van der Waals surface area contributed by atoms with Gasteiger partial charge in [-0.15, -0.1) is 0 Å². The molecule has 2 aromatic rings. The lowest BCUT2D eigenvalue weighted by atomic mass is 10.1. The third-order valence-electron chi connectivity index (χ3n) is 4.68. The molecule has 5 nitrogen and oxygen atoms in total. The maximum atomic E-state index is 6.26. The zero-order valence-electron chi connectivity index (χ0n) is 19.9. The second-order valence-corrected chi connectivity index (χ2v) is 8.44. The fourth-order valence-electron chi connectivity index (χ4n) is 3.26. The molecule has 172 valence electrons. The van der Waals surface area contributed by atoms with Crippen molar-refractivity contribution in [1.82, 2.24) is 0 Å². The van der Waals surface area contributed by atoms with Crippen molar-refractivity contribution in [3.63, 3.8) is 0 Å². The van der Waals surface area contributed by atoms with Gasteiger partial charge < -0.3 is 23.7 Å². The van der Waals surface area contributed by atoms with E-state index in [1.807, 2.05) is 36.4 Å². The number of hydrogen-bond acceptors (Lipinski definition) is 5. The molecule has 31 heavy (non-hydrogen) atoms. The average Bonchev–Trinajstić information content (AvgIpc) is 2.74. The smallest absolute Gasteiger partial charge is 0.169 e. The molecule has 0 N–H and O–H groups in total. The van der Waals surface area contributed by atoms with Crippen molar-refractivity contribution in [1.29, 1.82) is 0 Å². The van der Waals surface area contributed by atoms with Crippen LogP contribution in [-0.2, 0) is 22.3 Å². The summed E-state index contributed by atoms with van der Waals surface area (Å²) in [7, 11) is 3.33. The van der Waals surface area contributed by atoms with Crippen molar-refractivity contribution in [3.8, 4) is 23.0 Å². The van der Waals surface area contributed by atoms with Gasteiger partial charge in [-0.05, 0) is 36.8 Å². The average molecular weight is 431 g/mol. The van der Waals surface area contributed by atoms with E-state index in [4.69, 9.17) is 23.7 Å². The van der Waals surface area contributed by atoms with Crippen molar-refractivity contribution in [2.45, 2.75) is 40.5 Å². The maximum absolute atomic E-state index is 6.26. The lowest BCUT2D eigenvalue weighted by Crippen LogP contribution is -2.07. The standard InChI is InChI=1S/C26H38O5/c1-19(2)17-29-15-13-21-9-7-11-23(25(21)27-5)31-24-12-8-10-22(26(24)28-6)14-16-30-18-20(3)4/h7-12,19-20H,13-18H2,1-6H3. The van der Waals surface area contributed by atoms with Crippen LogP contribution < -0.4 is 14.2 Å². The van der Waals surface area contributed by atoms with E-state index in [0.717, 1.165) is 48.7 Å². The van der Waals surface area contributed by atoms with Gasteiger partial charge in [0.25, 0.3) is 0 Å². The van der Waals surface area contributed by atoms with Gasteiger partial charge in [0.05, 0.1) is 27.4 Å². The van der Waals surface area contributed by atoms with Gasteiger partial charge in [0.1, 0.15) is 0 Å². The van der Waals surface area contributed by atoms with Crippen molar-refractivity contribution in [2.75, 3.05) is 40.6 Å². The minimum Gasteiger partial charge on any atom is -0.493 e. The molecule has 0 aliphatic heterocycles. The fraction of sp³-hybridized carbons (Fsp3) is 0.538. The number of hydrogen-bond donors (Lipinski definition) is 0. The minimum absolute atomic E-state index is 0.520. The molecule has 0 radical (unpaired) electrons. The molecule has 0 spiro atoms. The predicted octanol–water partition coefficient (Wildman–Crippen LogP) is 5.93. The third kappa shape index (κ3) is 8.08. The molecular weight excluding hydrogens is 392 g/mol. The summed E-state index contributed by atoms with van der Waals surface area (Å²) in [5, 5.41) is 0. The Morgan fingerprint density at radius 2 is 1.06 bits per heavy atom. The molecule has 0 unspecified atom stereocenters. The Hall–Kier alpha value is -2.24. The van der Waals surface area contributed by atoms with Crippen LogP contribution >= 0.6 is 0 Å². The number of methoxy groups -OCH3 is 2. The number of rotatable bonds is 14.